The van der Waals surface area contributed by atoms with Crippen LogP contribution in [-0.4, -0.2) is 24.6 Å². The number of carbonyl (C=O) groups is 1. The van der Waals surface area contributed by atoms with E-state index in [0.29, 0.717) is 6.54 Å². The quantitative estimate of drug-likeness (QED) is 0.784. The van der Waals surface area contributed by atoms with E-state index < -0.39 is 0 Å². The van der Waals surface area contributed by atoms with Gasteiger partial charge < -0.3 is 10.6 Å². The highest BCUT2D eigenvalue weighted by molar-refractivity contribution is 5.73. The number of pyridine rings is 1. The Morgan fingerprint density at radius 1 is 1.40 bits per heavy atom. The number of amides is 2. The molecule has 0 fully saturated rings. The van der Waals surface area contributed by atoms with Gasteiger partial charge in [0.15, 0.2) is 0 Å². The van der Waals surface area contributed by atoms with E-state index in [-0.39, 0.29) is 11.4 Å². The third-order valence-electron chi connectivity index (χ3n) is 2.38. The van der Waals surface area contributed by atoms with Crippen molar-refractivity contribution < 1.29 is 4.79 Å². The standard InChI is InChI=1S/C11H17N3O/c1-11(2,8-14-10(15)12-3)9-4-6-13-7-5-9/h4-7H,8H2,1-3H3,(H2,12,14,15). The number of hydrogen-bond acceptors (Lipinski definition) is 2. The van der Waals surface area contributed by atoms with Gasteiger partial charge in [-0.15, -0.1) is 0 Å². The van der Waals surface area contributed by atoms with E-state index in [4.69, 9.17) is 0 Å². The van der Waals surface area contributed by atoms with Crippen LogP contribution in [-0.2, 0) is 5.41 Å². The first kappa shape index (κ1) is 11.5. The Morgan fingerprint density at radius 2 is 2.00 bits per heavy atom. The van der Waals surface area contributed by atoms with Gasteiger partial charge in [0.05, 0.1) is 0 Å². The third-order valence-corrected chi connectivity index (χ3v) is 2.38. The van der Waals surface area contributed by atoms with Gasteiger partial charge >= 0.3 is 6.03 Å². The second kappa shape index (κ2) is 4.77. The Bertz CT molecular complexity index is 322. The minimum absolute atomic E-state index is 0.0878. The summed E-state index contributed by atoms with van der Waals surface area (Å²) in [7, 11) is 1.61. The van der Waals surface area contributed by atoms with Crippen molar-refractivity contribution in [3.05, 3.63) is 30.1 Å². The zero-order chi connectivity index (χ0) is 11.3. The average molecular weight is 207 g/mol. The van der Waals surface area contributed by atoms with Gasteiger partial charge in [-0.25, -0.2) is 4.79 Å². The van der Waals surface area contributed by atoms with Gasteiger partial charge in [-0.05, 0) is 17.7 Å². The summed E-state index contributed by atoms with van der Waals surface area (Å²) in [6, 6.07) is 3.77. The number of urea groups is 1. The number of nitrogens with zero attached hydrogens (tertiary/aromatic N) is 1. The van der Waals surface area contributed by atoms with Crippen LogP contribution in [0.1, 0.15) is 19.4 Å². The molecule has 0 radical (unpaired) electrons. The largest absolute Gasteiger partial charge is 0.341 e. The van der Waals surface area contributed by atoms with Crippen molar-refractivity contribution in [3.8, 4) is 0 Å². The summed E-state index contributed by atoms with van der Waals surface area (Å²) >= 11 is 0. The lowest BCUT2D eigenvalue weighted by atomic mass is 9.85. The maximum atomic E-state index is 11.1. The van der Waals surface area contributed by atoms with Crippen molar-refractivity contribution in [2.24, 2.45) is 0 Å². The normalized spacial score (nSPS) is 10.9. The number of aromatic nitrogens is 1. The Labute approximate surface area is 90.1 Å². The van der Waals surface area contributed by atoms with Crippen LogP contribution in [0.15, 0.2) is 24.5 Å². The van der Waals surface area contributed by atoms with Gasteiger partial charge in [-0.3, -0.25) is 4.98 Å². The molecule has 4 heteroatoms. The minimum atomic E-state index is -0.155. The van der Waals surface area contributed by atoms with Crippen LogP contribution in [0.3, 0.4) is 0 Å². The smallest absolute Gasteiger partial charge is 0.314 e. The fourth-order valence-corrected chi connectivity index (χ4v) is 1.29. The lowest BCUT2D eigenvalue weighted by Crippen LogP contribution is -2.40. The van der Waals surface area contributed by atoms with Gasteiger partial charge in [0.1, 0.15) is 0 Å². The highest BCUT2D eigenvalue weighted by atomic mass is 16.2. The monoisotopic (exact) mass is 207 g/mol. The predicted molar refractivity (Wildman–Crippen MR) is 59.7 cm³/mol. The molecule has 0 saturated carbocycles. The van der Waals surface area contributed by atoms with Gasteiger partial charge in [-0.2, -0.15) is 0 Å². The molecule has 0 saturated heterocycles. The lowest BCUT2D eigenvalue weighted by molar-refractivity contribution is 0.240. The van der Waals surface area contributed by atoms with E-state index in [2.05, 4.69) is 29.5 Å². The van der Waals surface area contributed by atoms with Crippen LogP contribution in [0.4, 0.5) is 4.79 Å². The molecule has 2 N–H and O–H groups in total. The van der Waals surface area contributed by atoms with E-state index in [1.807, 2.05) is 12.1 Å². The summed E-state index contributed by atoms with van der Waals surface area (Å²) in [6.45, 7) is 4.76. The van der Waals surface area contributed by atoms with Crippen LogP contribution >= 0.6 is 0 Å². The van der Waals surface area contributed by atoms with Crippen molar-refractivity contribution in [2.45, 2.75) is 19.3 Å². The molecule has 0 aliphatic rings. The predicted octanol–water partition coefficient (Wildman–Crippen LogP) is 1.29. The highest BCUT2D eigenvalue weighted by Crippen LogP contribution is 2.20. The van der Waals surface area contributed by atoms with Crippen LogP contribution < -0.4 is 10.6 Å². The van der Waals surface area contributed by atoms with Crippen LogP contribution in [0.2, 0.25) is 0 Å². The van der Waals surface area contributed by atoms with Crippen molar-refractivity contribution in [1.82, 2.24) is 15.6 Å². The molecule has 0 atom stereocenters. The molecular formula is C11H17N3O. The molecule has 1 aromatic rings. The van der Waals surface area contributed by atoms with Gasteiger partial charge in [-0.1, -0.05) is 13.8 Å². The molecule has 15 heavy (non-hydrogen) atoms. The second-order valence-electron chi connectivity index (χ2n) is 4.05. The fourth-order valence-electron chi connectivity index (χ4n) is 1.29. The van der Waals surface area contributed by atoms with Crippen molar-refractivity contribution in [2.75, 3.05) is 13.6 Å². The molecule has 0 spiro atoms. The molecule has 82 valence electrons. The summed E-state index contributed by atoms with van der Waals surface area (Å²) in [5, 5.41) is 5.33. The highest BCUT2D eigenvalue weighted by Gasteiger charge is 2.20. The number of nitrogens with one attached hydrogen (secondary N) is 2. The van der Waals surface area contributed by atoms with Crippen LogP contribution in [0, 0.1) is 0 Å². The maximum absolute atomic E-state index is 11.1. The topological polar surface area (TPSA) is 54.0 Å². The first-order valence-electron chi connectivity index (χ1n) is 4.92. The SMILES string of the molecule is CNC(=O)NCC(C)(C)c1ccncc1. The number of rotatable bonds is 3. The van der Waals surface area contributed by atoms with Crippen molar-refractivity contribution >= 4 is 6.03 Å². The number of hydrogen-bond donors (Lipinski definition) is 2. The molecule has 0 unspecified atom stereocenters. The van der Waals surface area contributed by atoms with E-state index in [1.54, 1.807) is 19.4 Å². The van der Waals surface area contributed by atoms with E-state index >= 15 is 0 Å². The molecule has 0 aliphatic heterocycles. The van der Waals surface area contributed by atoms with Gasteiger partial charge in [0, 0.05) is 31.4 Å². The molecule has 4 nitrogen and oxygen atoms in total. The van der Waals surface area contributed by atoms with Crippen molar-refractivity contribution in [1.29, 1.82) is 0 Å². The second-order valence-corrected chi connectivity index (χ2v) is 4.05. The van der Waals surface area contributed by atoms with E-state index in [9.17, 15) is 4.79 Å². The zero-order valence-electron chi connectivity index (χ0n) is 9.37. The van der Waals surface area contributed by atoms with Gasteiger partial charge in [0.2, 0.25) is 0 Å². The Balaban J connectivity index is 2.63. The molecule has 1 rings (SSSR count). The molecule has 0 aliphatic carbocycles. The summed E-state index contributed by atoms with van der Waals surface area (Å²) < 4.78 is 0. The molecule has 0 aromatic carbocycles. The molecular weight excluding hydrogens is 190 g/mol. The maximum Gasteiger partial charge on any atom is 0.314 e. The Hall–Kier alpha value is -1.58. The summed E-state index contributed by atoms with van der Waals surface area (Å²) in [5.41, 5.74) is 1.07. The first-order valence-corrected chi connectivity index (χ1v) is 4.92. The molecule has 0 bridgehead atoms. The minimum Gasteiger partial charge on any atom is -0.341 e. The van der Waals surface area contributed by atoms with Crippen LogP contribution in [0.25, 0.3) is 0 Å². The average Bonchev–Trinajstić information content (AvgIpc) is 2.27. The molecule has 2 amide bonds. The lowest BCUT2D eigenvalue weighted by Gasteiger charge is -2.25. The van der Waals surface area contributed by atoms with E-state index in [1.165, 1.54) is 0 Å². The summed E-state index contributed by atoms with van der Waals surface area (Å²) in [6.07, 6.45) is 3.52. The Morgan fingerprint density at radius 3 is 2.53 bits per heavy atom. The van der Waals surface area contributed by atoms with E-state index in [0.717, 1.165) is 5.56 Å². The first-order chi connectivity index (χ1) is 7.06. The summed E-state index contributed by atoms with van der Waals surface area (Å²) in [4.78, 5) is 15.0. The molecule has 1 aromatic heterocycles. The van der Waals surface area contributed by atoms with Crippen LogP contribution in [0.5, 0.6) is 0 Å². The fraction of sp³-hybridized carbons (Fsp3) is 0.455. The summed E-state index contributed by atoms with van der Waals surface area (Å²) in [5.74, 6) is 0. The Kier molecular flexibility index (Phi) is 3.66. The zero-order valence-corrected chi connectivity index (χ0v) is 9.37. The van der Waals surface area contributed by atoms with Gasteiger partial charge in [0.25, 0.3) is 0 Å². The number of carbonyl (C=O) groups excluding carboxylic acids is 1. The van der Waals surface area contributed by atoms with Crippen molar-refractivity contribution in [3.63, 3.8) is 0 Å². The third kappa shape index (κ3) is 3.23. The molecule has 1 heterocycles.